The molecule has 1 heterocycles. The van der Waals surface area contributed by atoms with Gasteiger partial charge in [-0.3, -0.25) is 4.79 Å². The molecule has 57 valence electrons. The Hall–Kier alpha value is -1.58. The van der Waals surface area contributed by atoms with E-state index in [-0.39, 0.29) is 6.54 Å². The molecule has 0 amide bonds. The molecule has 4 heteroatoms. The summed E-state index contributed by atoms with van der Waals surface area (Å²) >= 11 is 0. The zero-order chi connectivity index (χ0) is 8.10. The van der Waals surface area contributed by atoms with Gasteiger partial charge >= 0.3 is 5.97 Å². The SMILES string of the molecule is O=C(O)CNc1[c]cccn1. The van der Waals surface area contributed by atoms with Crippen LogP contribution in [-0.2, 0) is 4.79 Å². The highest BCUT2D eigenvalue weighted by Gasteiger charge is 1.95. The largest absolute Gasteiger partial charge is 0.480 e. The minimum atomic E-state index is -0.913. The van der Waals surface area contributed by atoms with Crippen LogP contribution in [0.4, 0.5) is 5.82 Å². The lowest BCUT2D eigenvalue weighted by molar-refractivity contribution is -0.134. The topological polar surface area (TPSA) is 62.2 Å². The Morgan fingerprint density at radius 2 is 2.64 bits per heavy atom. The number of nitrogens with zero attached hydrogens (tertiary/aromatic N) is 1. The second kappa shape index (κ2) is 3.55. The number of carboxylic acid groups (broad SMARTS) is 1. The normalized spacial score (nSPS) is 9.09. The molecule has 0 saturated carbocycles. The van der Waals surface area contributed by atoms with Gasteiger partial charge in [-0.1, -0.05) is 0 Å². The van der Waals surface area contributed by atoms with E-state index in [9.17, 15) is 4.79 Å². The highest BCUT2D eigenvalue weighted by Crippen LogP contribution is 1.96. The fourth-order valence-corrected chi connectivity index (χ4v) is 0.581. The summed E-state index contributed by atoms with van der Waals surface area (Å²) in [7, 11) is 0. The molecule has 0 saturated heterocycles. The Labute approximate surface area is 63.9 Å². The van der Waals surface area contributed by atoms with Gasteiger partial charge in [-0.25, -0.2) is 4.98 Å². The van der Waals surface area contributed by atoms with Crippen LogP contribution in [-0.4, -0.2) is 22.6 Å². The summed E-state index contributed by atoms with van der Waals surface area (Å²) in [6, 6.07) is 6.12. The van der Waals surface area contributed by atoms with Gasteiger partial charge in [0.05, 0.1) is 0 Å². The van der Waals surface area contributed by atoms with Crippen molar-refractivity contribution in [2.75, 3.05) is 11.9 Å². The third-order valence-corrected chi connectivity index (χ3v) is 1.01. The van der Waals surface area contributed by atoms with Gasteiger partial charge in [0.25, 0.3) is 0 Å². The van der Waals surface area contributed by atoms with Crippen LogP contribution < -0.4 is 5.32 Å². The summed E-state index contributed by atoms with van der Waals surface area (Å²) in [6.07, 6.45) is 1.57. The number of aromatic nitrogens is 1. The number of rotatable bonds is 3. The van der Waals surface area contributed by atoms with Crippen LogP contribution in [0.2, 0.25) is 0 Å². The van der Waals surface area contributed by atoms with Crippen LogP contribution in [0.3, 0.4) is 0 Å². The van der Waals surface area contributed by atoms with Gasteiger partial charge in [-0.05, 0) is 12.1 Å². The lowest BCUT2D eigenvalue weighted by Crippen LogP contribution is -2.12. The minimum Gasteiger partial charge on any atom is -0.480 e. The molecule has 4 nitrogen and oxygen atoms in total. The molecule has 0 aromatic carbocycles. The molecular weight excluding hydrogens is 144 g/mol. The van der Waals surface area contributed by atoms with Crippen molar-refractivity contribution in [3.63, 3.8) is 0 Å². The van der Waals surface area contributed by atoms with Gasteiger partial charge < -0.3 is 10.4 Å². The maximum Gasteiger partial charge on any atom is 0.322 e. The molecule has 0 bridgehead atoms. The number of nitrogens with one attached hydrogen (secondary N) is 1. The van der Waals surface area contributed by atoms with Gasteiger partial charge in [-0.15, -0.1) is 0 Å². The number of hydrogen-bond donors (Lipinski definition) is 2. The zero-order valence-corrected chi connectivity index (χ0v) is 5.74. The molecule has 0 aliphatic rings. The minimum absolute atomic E-state index is 0.131. The summed E-state index contributed by atoms with van der Waals surface area (Å²) < 4.78 is 0. The Morgan fingerprint density at radius 1 is 1.82 bits per heavy atom. The van der Waals surface area contributed by atoms with E-state index in [1.807, 2.05) is 0 Å². The average molecular weight is 151 g/mol. The average Bonchev–Trinajstić information content (AvgIpc) is 2.03. The zero-order valence-electron chi connectivity index (χ0n) is 5.74. The number of aliphatic carboxylic acids is 1. The molecule has 0 unspecified atom stereocenters. The molecule has 0 fully saturated rings. The Kier molecular flexibility index (Phi) is 2.43. The van der Waals surface area contributed by atoms with E-state index in [0.717, 1.165) is 0 Å². The van der Waals surface area contributed by atoms with E-state index in [0.29, 0.717) is 5.82 Å². The third-order valence-electron chi connectivity index (χ3n) is 1.01. The molecule has 1 radical (unpaired) electrons. The number of hydrogen-bond acceptors (Lipinski definition) is 3. The van der Waals surface area contributed by atoms with E-state index < -0.39 is 5.97 Å². The second-order valence-corrected chi connectivity index (χ2v) is 1.88. The van der Waals surface area contributed by atoms with Crippen molar-refractivity contribution in [2.24, 2.45) is 0 Å². The standard InChI is InChI=1S/C7H7N2O2/c10-7(11)5-9-6-3-1-2-4-8-6/h1-2,4H,5H2,(H,8,9)(H,10,11). The van der Waals surface area contributed by atoms with Crippen LogP contribution in [0.5, 0.6) is 0 Å². The Morgan fingerprint density at radius 3 is 3.18 bits per heavy atom. The van der Waals surface area contributed by atoms with E-state index in [1.54, 1.807) is 18.3 Å². The lowest BCUT2D eigenvalue weighted by atomic mass is 10.4. The second-order valence-electron chi connectivity index (χ2n) is 1.88. The van der Waals surface area contributed by atoms with Gasteiger partial charge in [0.2, 0.25) is 0 Å². The molecular formula is C7H7N2O2. The van der Waals surface area contributed by atoms with Crippen molar-refractivity contribution in [2.45, 2.75) is 0 Å². The lowest BCUT2D eigenvalue weighted by Gasteiger charge is -1.98. The van der Waals surface area contributed by atoms with Crippen LogP contribution in [0.15, 0.2) is 18.3 Å². The smallest absolute Gasteiger partial charge is 0.322 e. The van der Waals surface area contributed by atoms with Crippen LogP contribution in [0, 0.1) is 6.07 Å². The summed E-state index contributed by atoms with van der Waals surface area (Å²) in [4.78, 5) is 13.9. The molecule has 1 aromatic heterocycles. The van der Waals surface area contributed by atoms with Gasteiger partial charge in [0.15, 0.2) is 0 Å². The van der Waals surface area contributed by atoms with E-state index in [4.69, 9.17) is 5.11 Å². The van der Waals surface area contributed by atoms with Crippen molar-refractivity contribution in [1.29, 1.82) is 0 Å². The van der Waals surface area contributed by atoms with Gasteiger partial charge in [0.1, 0.15) is 12.4 Å². The van der Waals surface area contributed by atoms with Crippen molar-refractivity contribution in [3.8, 4) is 0 Å². The molecule has 1 aromatic rings. The number of pyridine rings is 1. The predicted octanol–water partition coefficient (Wildman–Crippen LogP) is 0.378. The molecule has 2 N–H and O–H groups in total. The molecule has 0 aliphatic carbocycles. The van der Waals surface area contributed by atoms with Gasteiger partial charge in [0, 0.05) is 12.3 Å². The van der Waals surface area contributed by atoms with Crippen molar-refractivity contribution in [3.05, 3.63) is 24.4 Å². The monoisotopic (exact) mass is 151 g/mol. The Balaban J connectivity index is 2.45. The first-order valence-electron chi connectivity index (χ1n) is 3.07. The van der Waals surface area contributed by atoms with Crippen LogP contribution >= 0.6 is 0 Å². The predicted molar refractivity (Wildman–Crippen MR) is 39.2 cm³/mol. The maximum absolute atomic E-state index is 10.1. The van der Waals surface area contributed by atoms with Gasteiger partial charge in [-0.2, -0.15) is 0 Å². The summed E-state index contributed by atoms with van der Waals surface area (Å²) in [6.45, 7) is -0.131. The molecule has 1 rings (SSSR count). The van der Waals surface area contributed by atoms with Crippen molar-refractivity contribution < 1.29 is 9.90 Å². The molecule has 0 aliphatic heterocycles. The number of carboxylic acids is 1. The highest BCUT2D eigenvalue weighted by atomic mass is 16.4. The fraction of sp³-hybridized carbons (Fsp3) is 0.143. The summed E-state index contributed by atoms with van der Waals surface area (Å²) in [5.74, 6) is -0.459. The summed E-state index contributed by atoms with van der Waals surface area (Å²) in [5.41, 5.74) is 0. The first kappa shape index (κ1) is 7.53. The van der Waals surface area contributed by atoms with E-state index >= 15 is 0 Å². The maximum atomic E-state index is 10.1. The Bertz CT molecular complexity index is 235. The summed E-state index contributed by atoms with van der Waals surface area (Å²) in [5, 5.41) is 10.8. The fourth-order valence-electron chi connectivity index (χ4n) is 0.581. The quantitative estimate of drug-likeness (QED) is 0.655. The van der Waals surface area contributed by atoms with Crippen molar-refractivity contribution >= 4 is 11.8 Å². The first-order chi connectivity index (χ1) is 5.29. The van der Waals surface area contributed by atoms with E-state index in [1.165, 1.54) is 0 Å². The number of carbonyl (C=O) groups is 1. The third kappa shape index (κ3) is 2.66. The molecule has 0 atom stereocenters. The van der Waals surface area contributed by atoms with E-state index in [2.05, 4.69) is 16.4 Å². The van der Waals surface area contributed by atoms with Crippen LogP contribution in [0.25, 0.3) is 0 Å². The highest BCUT2D eigenvalue weighted by molar-refractivity contribution is 5.72. The van der Waals surface area contributed by atoms with Crippen molar-refractivity contribution in [1.82, 2.24) is 4.98 Å². The van der Waals surface area contributed by atoms with Crippen LogP contribution in [0.1, 0.15) is 0 Å². The first-order valence-corrected chi connectivity index (χ1v) is 3.07. The molecule has 11 heavy (non-hydrogen) atoms. The molecule has 0 spiro atoms. The number of anilines is 1.